The number of aromatic nitrogens is 1. The summed E-state index contributed by atoms with van der Waals surface area (Å²) < 4.78 is 21.9. The van der Waals surface area contributed by atoms with Crippen molar-refractivity contribution >= 4 is 32.5 Å². The Kier molecular flexibility index (Phi) is 4.07. The topological polar surface area (TPSA) is 122 Å². The molecule has 0 unspecified atom stereocenters. The van der Waals surface area contributed by atoms with E-state index in [4.69, 9.17) is 10.2 Å². The third-order valence-electron chi connectivity index (χ3n) is 1.98. The van der Waals surface area contributed by atoms with Gasteiger partial charge in [0.2, 0.25) is 10.0 Å². The molecule has 0 amide bonds. The number of hydrogen-bond acceptors (Lipinski definition) is 6. The fraction of sp³-hybridized carbons (Fsp3) is 0.500. The Morgan fingerprint density at radius 1 is 1.59 bits per heavy atom. The van der Waals surface area contributed by atoms with Gasteiger partial charge in [-0.15, -0.1) is 0 Å². The second-order valence-corrected chi connectivity index (χ2v) is 6.55. The maximum absolute atomic E-state index is 11.0. The van der Waals surface area contributed by atoms with Crippen LogP contribution in [0.4, 0.5) is 5.13 Å². The lowest BCUT2D eigenvalue weighted by Gasteiger charge is -2.16. The number of anilines is 1. The minimum absolute atomic E-state index is 0.104. The Balaban J connectivity index is 2.89. The quantitative estimate of drug-likeness (QED) is 0.713. The molecular weight excluding hydrogens is 266 g/mol. The Morgan fingerprint density at radius 2 is 2.18 bits per heavy atom. The third kappa shape index (κ3) is 3.65. The minimum Gasteiger partial charge on any atom is -0.480 e. The lowest BCUT2D eigenvalue weighted by molar-refractivity contribution is -0.138. The Labute approximate surface area is 103 Å². The number of sulfonamides is 1. The standard InChI is InChI=1S/C8H13N3O4S2/c1-4(2)6(7(12)13)11-8-10-3-5(16-8)17(9,14)15/h3-4,6H,1-2H3,(H,10,11)(H,12,13)(H2,9,14,15)/t6-/m0/s1. The van der Waals surface area contributed by atoms with Crippen LogP contribution in [0, 0.1) is 5.92 Å². The van der Waals surface area contributed by atoms with E-state index in [-0.39, 0.29) is 15.3 Å². The van der Waals surface area contributed by atoms with Gasteiger partial charge in [0, 0.05) is 0 Å². The van der Waals surface area contributed by atoms with Crippen LogP contribution in [0.2, 0.25) is 0 Å². The highest BCUT2D eigenvalue weighted by atomic mass is 32.2. The van der Waals surface area contributed by atoms with E-state index in [9.17, 15) is 13.2 Å². The number of nitrogens with zero attached hydrogens (tertiary/aromatic N) is 1. The number of carboxylic acid groups (broad SMARTS) is 1. The van der Waals surface area contributed by atoms with E-state index in [0.717, 1.165) is 17.5 Å². The summed E-state index contributed by atoms with van der Waals surface area (Å²) in [7, 11) is -3.79. The van der Waals surface area contributed by atoms with Crippen LogP contribution in [0.25, 0.3) is 0 Å². The summed E-state index contributed by atoms with van der Waals surface area (Å²) in [5.74, 6) is -1.18. The van der Waals surface area contributed by atoms with Gasteiger partial charge in [0.1, 0.15) is 6.04 Å². The molecule has 0 aliphatic heterocycles. The summed E-state index contributed by atoms with van der Waals surface area (Å²) in [6, 6.07) is -0.825. The summed E-state index contributed by atoms with van der Waals surface area (Å²) in [6.07, 6.45) is 1.10. The number of nitrogens with two attached hydrogens (primary N) is 1. The number of primary sulfonamides is 1. The molecule has 1 atom stereocenters. The summed E-state index contributed by atoms with van der Waals surface area (Å²) in [5, 5.41) is 16.7. The van der Waals surface area contributed by atoms with Crippen LogP contribution >= 0.6 is 11.3 Å². The SMILES string of the molecule is CC(C)[C@H](Nc1ncc(S(N)(=O)=O)s1)C(=O)O. The normalized spacial score (nSPS) is 13.6. The van der Waals surface area contributed by atoms with Crippen molar-refractivity contribution in [1.29, 1.82) is 0 Å². The van der Waals surface area contributed by atoms with Gasteiger partial charge in [-0.2, -0.15) is 0 Å². The van der Waals surface area contributed by atoms with E-state index >= 15 is 0 Å². The van der Waals surface area contributed by atoms with Gasteiger partial charge >= 0.3 is 5.97 Å². The summed E-state index contributed by atoms with van der Waals surface area (Å²) in [5.41, 5.74) is 0. The fourth-order valence-corrected chi connectivity index (χ4v) is 2.59. The van der Waals surface area contributed by atoms with E-state index < -0.39 is 22.0 Å². The monoisotopic (exact) mass is 279 g/mol. The molecule has 17 heavy (non-hydrogen) atoms. The van der Waals surface area contributed by atoms with Crippen LogP contribution in [-0.2, 0) is 14.8 Å². The van der Waals surface area contributed by atoms with Crippen LogP contribution < -0.4 is 10.5 Å². The zero-order valence-corrected chi connectivity index (χ0v) is 10.9. The number of rotatable bonds is 5. The van der Waals surface area contributed by atoms with E-state index in [1.54, 1.807) is 13.8 Å². The molecule has 0 aromatic carbocycles. The number of nitrogens with one attached hydrogen (secondary N) is 1. The maximum atomic E-state index is 11.0. The van der Waals surface area contributed by atoms with Gasteiger partial charge in [0.25, 0.3) is 0 Å². The largest absolute Gasteiger partial charge is 0.480 e. The highest BCUT2D eigenvalue weighted by Gasteiger charge is 2.23. The second kappa shape index (κ2) is 4.98. The van der Waals surface area contributed by atoms with Crippen molar-refractivity contribution in [2.45, 2.75) is 24.1 Å². The molecule has 1 aromatic heterocycles. The van der Waals surface area contributed by atoms with Gasteiger partial charge in [0.15, 0.2) is 9.34 Å². The molecule has 0 aliphatic rings. The van der Waals surface area contributed by atoms with Crippen LogP contribution in [0.5, 0.6) is 0 Å². The molecule has 7 nitrogen and oxygen atoms in total. The zero-order valence-electron chi connectivity index (χ0n) is 9.25. The van der Waals surface area contributed by atoms with E-state index in [1.165, 1.54) is 0 Å². The predicted octanol–water partition coefficient (Wildman–Crippen LogP) is 0.312. The molecule has 4 N–H and O–H groups in total. The Hall–Kier alpha value is -1.19. The molecule has 96 valence electrons. The minimum atomic E-state index is -3.79. The Morgan fingerprint density at radius 3 is 2.53 bits per heavy atom. The van der Waals surface area contributed by atoms with E-state index in [0.29, 0.717) is 0 Å². The zero-order chi connectivity index (χ0) is 13.2. The molecular formula is C8H13N3O4S2. The molecule has 0 bridgehead atoms. The lowest BCUT2D eigenvalue weighted by atomic mass is 10.1. The third-order valence-corrected chi connectivity index (χ3v) is 4.31. The summed E-state index contributed by atoms with van der Waals surface area (Å²) >= 11 is 0.804. The summed E-state index contributed by atoms with van der Waals surface area (Å²) in [4.78, 5) is 14.7. The first-order chi connectivity index (χ1) is 7.71. The van der Waals surface area contributed by atoms with Crippen molar-refractivity contribution < 1.29 is 18.3 Å². The first-order valence-electron chi connectivity index (χ1n) is 4.70. The number of carbonyl (C=O) groups is 1. The van der Waals surface area contributed by atoms with E-state index in [2.05, 4.69) is 10.3 Å². The number of carboxylic acids is 1. The highest BCUT2D eigenvalue weighted by molar-refractivity contribution is 7.91. The van der Waals surface area contributed by atoms with Crippen molar-refractivity contribution in [3.63, 3.8) is 0 Å². The average Bonchev–Trinajstić information content (AvgIpc) is 2.60. The molecule has 1 heterocycles. The van der Waals surface area contributed by atoms with Crippen LogP contribution in [0.3, 0.4) is 0 Å². The van der Waals surface area contributed by atoms with Gasteiger partial charge in [-0.3, -0.25) is 0 Å². The maximum Gasteiger partial charge on any atom is 0.326 e. The first-order valence-corrected chi connectivity index (χ1v) is 7.06. The van der Waals surface area contributed by atoms with Crippen molar-refractivity contribution in [2.75, 3.05) is 5.32 Å². The molecule has 0 radical (unpaired) electrons. The smallest absolute Gasteiger partial charge is 0.326 e. The van der Waals surface area contributed by atoms with Crippen molar-refractivity contribution in [3.05, 3.63) is 6.20 Å². The molecule has 0 aliphatic carbocycles. The number of thiazole rings is 1. The average molecular weight is 279 g/mol. The van der Waals surface area contributed by atoms with Crippen molar-refractivity contribution in [2.24, 2.45) is 11.1 Å². The molecule has 0 saturated carbocycles. The molecule has 9 heteroatoms. The van der Waals surface area contributed by atoms with Gasteiger partial charge < -0.3 is 10.4 Å². The van der Waals surface area contributed by atoms with Crippen molar-refractivity contribution in [3.8, 4) is 0 Å². The summed E-state index contributed by atoms with van der Waals surface area (Å²) in [6.45, 7) is 3.47. The molecule has 0 saturated heterocycles. The highest BCUT2D eigenvalue weighted by Crippen LogP contribution is 2.23. The van der Waals surface area contributed by atoms with Crippen LogP contribution in [0.15, 0.2) is 10.4 Å². The molecule has 0 spiro atoms. The van der Waals surface area contributed by atoms with Gasteiger partial charge in [-0.1, -0.05) is 25.2 Å². The molecule has 0 fully saturated rings. The van der Waals surface area contributed by atoms with Crippen LogP contribution in [0.1, 0.15) is 13.8 Å². The number of aliphatic carboxylic acids is 1. The van der Waals surface area contributed by atoms with Crippen LogP contribution in [-0.4, -0.2) is 30.5 Å². The first kappa shape index (κ1) is 13.9. The lowest BCUT2D eigenvalue weighted by Crippen LogP contribution is -2.34. The predicted molar refractivity (Wildman–Crippen MR) is 63.4 cm³/mol. The fourth-order valence-electron chi connectivity index (χ4n) is 1.10. The molecule has 1 aromatic rings. The van der Waals surface area contributed by atoms with Gasteiger partial charge in [-0.25, -0.2) is 23.3 Å². The second-order valence-electron chi connectivity index (χ2n) is 3.73. The van der Waals surface area contributed by atoms with Gasteiger partial charge in [0.05, 0.1) is 6.20 Å². The molecule has 1 rings (SSSR count). The Bertz CT molecular complexity index is 509. The van der Waals surface area contributed by atoms with E-state index in [1.807, 2.05) is 0 Å². The van der Waals surface area contributed by atoms with Gasteiger partial charge in [-0.05, 0) is 5.92 Å². The number of hydrogen-bond donors (Lipinski definition) is 3. The van der Waals surface area contributed by atoms with Crippen molar-refractivity contribution in [1.82, 2.24) is 4.98 Å².